The van der Waals surface area contributed by atoms with E-state index in [1.807, 2.05) is 0 Å². The number of hydrogen-bond acceptors (Lipinski definition) is 12. The molecule has 0 unspecified atom stereocenters. The highest BCUT2D eigenvalue weighted by molar-refractivity contribution is 7.91. The van der Waals surface area contributed by atoms with Gasteiger partial charge in [0, 0.05) is 6.08 Å². The van der Waals surface area contributed by atoms with Crippen LogP contribution in [0.4, 0.5) is 4.79 Å². The van der Waals surface area contributed by atoms with Gasteiger partial charge in [-0.3, -0.25) is 4.63 Å². The Bertz CT molecular complexity index is 1400. The summed E-state index contributed by atoms with van der Waals surface area (Å²) in [4.78, 5) is 23.2. The number of sulfone groups is 1. The van der Waals surface area contributed by atoms with E-state index in [9.17, 15) is 23.2 Å². The highest BCUT2D eigenvalue weighted by atomic mass is 32.2. The van der Waals surface area contributed by atoms with Gasteiger partial charge in [-0.15, -0.1) is 0 Å². The van der Waals surface area contributed by atoms with E-state index in [4.69, 9.17) is 23.7 Å². The topological polar surface area (TPSA) is 167 Å². The molecule has 0 aliphatic carbocycles. The summed E-state index contributed by atoms with van der Waals surface area (Å²) in [7, 11) is -2.80. The SMILES string of the molecule is CCOC(=O)Oc1ccc(/C=C/C(=O)OCCCCOc2no[n+]([O-])c2S(=O)(=O)c2ccccc2)cc1OC. The number of rotatable bonds is 13. The Balaban J connectivity index is 1.44. The minimum absolute atomic E-state index is 0.00273. The van der Waals surface area contributed by atoms with E-state index >= 15 is 0 Å². The molecule has 3 rings (SSSR count). The van der Waals surface area contributed by atoms with Crippen LogP contribution in [-0.2, 0) is 24.1 Å². The molecule has 0 spiro atoms. The molecule has 3 aromatic rings. The predicted octanol–water partition coefficient (Wildman–Crippen LogP) is 3.10. The average Bonchev–Trinajstić information content (AvgIpc) is 3.31. The zero-order valence-electron chi connectivity index (χ0n) is 21.1. The molecule has 0 aliphatic rings. The van der Waals surface area contributed by atoms with E-state index in [1.54, 1.807) is 25.1 Å². The van der Waals surface area contributed by atoms with E-state index in [2.05, 4.69) is 9.79 Å². The Labute approximate surface area is 223 Å². The van der Waals surface area contributed by atoms with Crippen LogP contribution in [-0.4, -0.2) is 52.6 Å². The number of nitrogens with zero attached hydrogens (tertiary/aromatic N) is 2. The van der Waals surface area contributed by atoms with Crippen molar-refractivity contribution in [3.8, 4) is 17.4 Å². The minimum Gasteiger partial charge on any atom is -0.493 e. The molecule has 0 fully saturated rings. The van der Waals surface area contributed by atoms with Crippen molar-refractivity contribution in [1.82, 2.24) is 5.16 Å². The van der Waals surface area contributed by atoms with Gasteiger partial charge in [-0.05, 0) is 60.6 Å². The molecular weight excluding hydrogens is 536 g/mol. The van der Waals surface area contributed by atoms with Crippen LogP contribution in [0.3, 0.4) is 0 Å². The molecule has 208 valence electrons. The summed E-state index contributed by atoms with van der Waals surface area (Å²) in [6, 6.07) is 12.0. The molecule has 2 aromatic carbocycles. The monoisotopic (exact) mass is 562 g/mol. The summed E-state index contributed by atoms with van der Waals surface area (Å²) >= 11 is 0. The van der Waals surface area contributed by atoms with Crippen LogP contribution in [0.25, 0.3) is 6.08 Å². The van der Waals surface area contributed by atoms with E-state index in [0.29, 0.717) is 18.4 Å². The number of carbonyl (C=O) groups is 2. The van der Waals surface area contributed by atoms with Crippen molar-refractivity contribution in [2.45, 2.75) is 29.7 Å². The van der Waals surface area contributed by atoms with Crippen LogP contribution in [0.1, 0.15) is 25.3 Å². The predicted molar refractivity (Wildman–Crippen MR) is 133 cm³/mol. The zero-order valence-corrected chi connectivity index (χ0v) is 21.9. The molecule has 1 heterocycles. The average molecular weight is 563 g/mol. The van der Waals surface area contributed by atoms with Crippen molar-refractivity contribution >= 4 is 28.0 Å². The number of unbranched alkanes of at least 4 members (excludes halogenated alkanes) is 1. The van der Waals surface area contributed by atoms with Gasteiger partial charge in [0.2, 0.25) is 0 Å². The van der Waals surface area contributed by atoms with Gasteiger partial charge in [0.1, 0.15) is 0 Å². The first-order valence-electron chi connectivity index (χ1n) is 11.7. The van der Waals surface area contributed by atoms with Gasteiger partial charge in [0.05, 0.1) is 37.0 Å². The fourth-order valence-corrected chi connectivity index (χ4v) is 4.40. The maximum absolute atomic E-state index is 12.7. The molecule has 0 bridgehead atoms. The van der Waals surface area contributed by atoms with Gasteiger partial charge in [-0.1, -0.05) is 24.3 Å². The molecule has 0 atom stereocenters. The molecule has 0 saturated carbocycles. The van der Waals surface area contributed by atoms with Crippen molar-refractivity contribution in [1.29, 1.82) is 0 Å². The van der Waals surface area contributed by atoms with Gasteiger partial charge in [0.25, 0.3) is 9.84 Å². The van der Waals surface area contributed by atoms with E-state index in [1.165, 1.54) is 49.6 Å². The third kappa shape index (κ3) is 7.95. The Morgan fingerprint density at radius 3 is 2.51 bits per heavy atom. The maximum Gasteiger partial charge on any atom is 0.513 e. The molecule has 0 amide bonds. The van der Waals surface area contributed by atoms with Crippen LogP contribution >= 0.6 is 0 Å². The Hall–Kier alpha value is -4.59. The highest BCUT2D eigenvalue weighted by Crippen LogP contribution is 2.29. The van der Waals surface area contributed by atoms with Gasteiger partial charge in [-0.25, -0.2) is 18.0 Å². The molecule has 0 saturated heterocycles. The molecule has 0 aliphatic heterocycles. The van der Waals surface area contributed by atoms with Gasteiger partial charge >= 0.3 is 23.0 Å². The van der Waals surface area contributed by atoms with Crippen molar-refractivity contribution in [2.24, 2.45) is 0 Å². The minimum atomic E-state index is -4.20. The van der Waals surface area contributed by atoms with Crippen molar-refractivity contribution in [3.05, 3.63) is 65.4 Å². The molecule has 39 heavy (non-hydrogen) atoms. The smallest absolute Gasteiger partial charge is 0.493 e. The second-order valence-electron chi connectivity index (χ2n) is 7.61. The summed E-state index contributed by atoms with van der Waals surface area (Å²) < 4.78 is 55.3. The fraction of sp³-hybridized carbons (Fsp3) is 0.280. The summed E-state index contributed by atoms with van der Waals surface area (Å²) in [6.07, 6.45) is 2.62. The lowest BCUT2D eigenvalue weighted by molar-refractivity contribution is -0.832. The number of benzene rings is 2. The van der Waals surface area contributed by atoms with Crippen LogP contribution in [0, 0.1) is 5.21 Å². The van der Waals surface area contributed by atoms with Crippen molar-refractivity contribution in [3.63, 3.8) is 0 Å². The van der Waals surface area contributed by atoms with Crippen molar-refractivity contribution in [2.75, 3.05) is 26.9 Å². The first kappa shape index (κ1) is 29.0. The maximum atomic E-state index is 12.7. The molecule has 13 nitrogen and oxygen atoms in total. The molecular formula is C25H26N2O11S. The van der Waals surface area contributed by atoms with Crippen LogP contribution in [0.5, 0.6) is 17.4 Å². The second-order valence-corrected chi connectivity index (χ2v) is 9.47. The first-order valence-corrected chi connectivity index (χ1v) is 13.1. The van der Waals surface area contributed by atoms with Crippen molar-refractivity contribution < 1.29 is 51.2 Å². The molecule has 0 N–H and O–H groups in total. The lowest BCUT2D eigenvalue weighted by Crippen LogP contribution is -2.31. The van der Waals surface area contributed by atoms with Gasteiger partial charge in [0.15, 0.2) is 11.5 Å². The largest absolute Gasteiger partial charge is 0.513 e. The third-order valence-corrected chi connectivity index (χ3v) is 6.66. The number of hydrogen-bond donors (Lipinski definition) is 0. The Morgan fingerprint density at radius 2 is 1.79 bits per heavy atom. The molecule has 14 heteroatoms. The lowest BCUT2D eigenvalue weighted by Gasteiger charge is -2.09. The van der Waals surface area contributed by atoms with Gasteiger partial charge < -0.3 is 28.9 Å². The second kappa shape index (κ2) is 13.8. The fourth-order valence-electron chi connectivity index (χ4n) is 3.11. The zero-order chi connectivity index (χ0) is 28.3. The molecule has 0 radical (unpaired) electrons. The first-order chi connectivity index (χ1) is 18.8. The number of aromatic nitrogens is 2. The third-order valence-electron chi connectivity index (χ3n) is 4.93. The highest BCUT2D eigenvalue weighted by Gasteiger charge is 2.35. The lowest BCUT2D eigenvalue weighted by atomic mass is 10.2. The van der Waals surface area contributed by atoms with Gasteiger partial charge in [-0.2, -0.15) is 0 Å². The van der Waals surface area contributed by atoms with E-state index in [-0.39, 0.29) is 41.1 Å². The van der Waals surface area contributed by atoms with Crippen LogP contribution < -0.4 is 19.1 Å². The van der Waals surface area contributed by atoms with E-state index in [0.717, 1.165) is 0 Å². The number of methoxy groups -OCH3 is 1. The number of ether oxygens (including phenoxy) is 5. The van der Waals surface area contributed by atoms with Crippen LogP contribution in [0.15, 0.2) is 69.2 Å². The standard InChI is InChI=1S/C25H26N2O11S/c1-3-34-25(29)37-20-13-11-18(17-21(20)33-2)12-14-22(28)35-15-7-8-16-36-23-24(27(30)38-26-23)39(31,32)19-9-5-4-6-10-19/h4-6,9-14,17H,3,7-8,15-16H2,1-2H3/b14-12+. The number of esters is 1. The summed E-state index contributed by atoms with van der Waals surface area (Å²) in [5.74, 6) is -0.615. The summed E-state index contributed by atoms with van der Waals surface area (Å²) in [6.45, 7) is 1.88. The van der Waals surface area contributed by atoms with Crippen LogP contribution in [0.2, 0.25) is 0 Å². The summed E-state index contributed by atoms with van der Waals surface area (Å²) in [5, 5.41) is 14.5. The summed E-state index contributed by atoms with van der Waals surface area (Å²) in [5.41, 5.74) is 0.595. The quantitative estimate of drug-likeness (QED) is 0.0983. The molecule has 1 aromatic heterocycles. The Kier molecular flexibility index (Phi) is 10.3. The Morgan fingerprint density at radius 1 is 1.05 bits per heavy atom. The number of carbonyl (C=O) groups excluding carboxylic acids is 2. The van der Waals surface area contributed by atoms with E-state index < -0.39 is 32.9 Å². The normalized spacial score (nSPS) is 11.2.